The molecular weight excluding hydrogens is 407 g/mol. The average molecular weight is 430 g/mol. The first-order valence-corrected chi connectivity index (χ1v) is 10.4. The van der Waals surface area contributed by atoms with E-state index in [-0.39, 0.29) is 35.3 Å². The van der Waals surface area contributed by atoms with Crippen LogP contribution in [0.1, 0.15) is 24.0 Å². The molecule has 3 heterocycles. The number of nitrogens with one attached hydrogen (secondary N) is 1. The van der Waals surface area contributed by atoms with E-state index in [4.69, 9.17) is 5.73 Å². The van der Waals surface area contributed by atoms with Crippen molar-refractivity contribution in [2.75, 3.05) is 11.1 Å². The van der Waals surface area contributed by atoms with Crippen molar-refractivity contribution in [3.63, 3.8) is 0 Å². The molecule has 3 unspecified atom stereocenters. The summed E-state index contributed by atoms with van der Waals surface area (Å²) in [5, 5.41) is 8.50. The van der Waals surface area contributed by atoms with Gasteiger partial charge in [-0.2, -0.15) is 5.10 Å². The van der Waals surface area contributed by atoms with E-state index in [1.807, 2.05) is 32.4 Å². The SMILES string of the molecule is Cc1cccc(F)c1-c1cc2cc(NC(=O)C3C(C)C3c3cnn(C)c3)ncc2c(N)n1. The van der Waals surface area contributed by atoms with Crippen molar-refractivity contribution >= 4 is 28.3 Å². The van der Waals surface area contributed by atoms with Crippen LogP contribution in [-0.4, -0.2) is 25.7 Å². The molecular formula is C24H23FN6O. The number of pyridine rings is 2. The van der Waals surface area contributed by atoms with Gasteiger partial charge in [0.2, 0.25) is 5.91 Å². The summed E-state index contributed by atoms with van der Waals surface area (Å²) in [6.45, 7) is 3.89. The van der Waals surface area contributed by atoms with Gasteiger partial charge in [0.15, 0.2) is 0 Å². The maximum atomic E-state index is 14.5. The highest BCUT2D eigenvalue weighted by atomic mass is 19.1. The molecule has 3 N–H and O–H groups in total. The molecule has 0 saturated heterocycles. The van der Waals surface area contributed by atoms with Gasteiger partial charge in [-0.15, -0.1) is 0 Å². The Bertz CT molecular complexity index is 1340. The van der Waals surface area contributed by atoms with Crippen LogP contribution in [0.4, 0.5) is 16.0 Å². The van der Waals surface area contributed by atoms with E-state index >= 15 is 0 Å². The number of nitrogen functional groups attached to an aromatic ring is 1. The fourth-order valence-electron chi connectivity index (χ4n) is 4.52. The van der Waals surface area contributed by atoms with Gasteiger partial charge in [-0.1, -0.05) is 19.1 Å². The second-order valence-corrected chi connectivity index (χ2v) is 8.46. The number of aromatic nitrogens is 4. The molecule has 0 spiro atoms. The summed E-state index contributed by atoms with van der Waals surface area (Å²) in [5.41, 5.74) is 8.83. The summed E-state index contributed by atoms with van der Waals surface area (Å²) in [4.78, 5) is 21.6. The van der Waals surface area contributed by atoms with Gasteiger partial charge in [0.25, 0.3) is 0 Å². The predicted octanol–water partition coefficient (Wildman–Crippen LogP) is 4.05. The Balaban J connectivity index is 1.44. The molecule has 5 rings (SSSR count). The van der Waals surface area contributed by atoms with E-state index in [1.165, 1.54) is 6.07 Å². The molecule has 0 bridgehead atoms. The Hall–Kier alpha value is -3.81. The van der Waals surface area contributed by atoms with E-state index in [1.54, 1.807) is 29.1 Å². The molecule has 1 fully saturated rings. The number of benzene rings is 1. The summed E-state index contributed by atoms with van der Waals surface area (Å²) in [7, 11) is 1.86. The van der Waals surface area contributed by atoms with Crippen LogP contribution < -0.4 is 11.1 Å². The van der Waals surface area contributed by atoms with Gasteiger partial charge in [0, 0.05) is 42.2 Å². The van der Waals surface area contributed by atoms with Crippen molar-refractivity contribution in [3.8, 4) is 11.3 Å². The van der Waals surface area contributed by atoms with E-state index in [0.717, 1.165) is 16.5 Å². The second-order valence-electron chi connectivity index (χ2n) is 8.46. The first-order valence-electron chi connectivity index (χ1n) is 10.4. The monoisotopic (exact) mass is 430 g/mol. The number of hydrogen-bond acceptors (Lipinski definition) is 5. The minimum Gasteiger partial charge on any atom is -0.383 e. The number of halogens is 1. The summed E-state index contributed by atoms with van der Waals surface area (Å²) in [6, 6.07) is 8.41. The lowest BCUT2D eigenvalue weighted by atomic mass is 10.0. The Labute approximate surface area is 184 Å². The molecule has 0 radical (unpaired) electrons. The third-order valence-electron chi connectivity index (χ3n) is 6.27. The van der Waals surface area contributed by atoms with Crippen molar-refractivity contribution in [2.45, 2.75) is 19.8 Å². The normalized spacial score (nSPS) is 19.8. The van der Waals surface area contributed by atoms with Crippen LogP contribution in [0.2, 0.25) is 0 Å². The van der Waals surface area contributed by atoms with Gasteiger partial charge >= 0.3 is 0 Å². The van der Waals surface area contributed by atoms with Gasteiger partial charge in [-0.3, -0.25) is 9.48 Å². The van der Waals surface area contributed by atoms with Gasteiger partial charge in [-0.05, 0) is 47.6 Å². The molecule has 1 amide bonds. The first-order chi connectivity index (χ1) is 15.3. The maximum absolute atomic E-state index is 14.5. The fourth-order valence-corrected chi connectivity index (χ4v) is 4.52. The lowest BCUT2D eigenvalue weighted by Gasteiger charge is -2.11. The summed E-state index contributed by atoms with van der Waals surface area (Å²) < 4.78 is 16.2. The standard InChI is InChI=1S/C24H23FN6O/c1-12-5-4-6-17(25)20(12)18-7-14-8-19(27-10-16(14)23(26)29-18)30-24(32)22-13(2)21(22)15-9-28-31(3)11-15/h4-11,13,21-22H,1-3H3,(H2,26,29)(H,27,30,32). The quantitative estimate of drug-likeness (QED) is 0.509. The smallest absolute Gasteiger partial charge is 0.229 e. The van der Waals surface area contributed by atoms with Gasteiger partial charge in [0.1, 0.15) is 17.5 Å². The molecule has 7 nitrogen and oxygen atoms in total. The number of amides is 1. The third kappa shape index (κ3) is 3.37. The predicted molar refractivity (Wildman–Crippen MR) is 121 cm³/mol. The number of carbonyl (C=O) groups excluding carboxylic acids is 1. The summed E-state index contributed by atoms with van der Waals surface area (Å²) >= 11 is 0. The van der Waals surface area contributed by atoms with Crippen molar-refractivity contribution < 1.29 is 9.18 Å². The van der Waals surface area contributed by atoms with Gasteiger partial charge in [-0.25, -0.2) is 14.4 Å². The molecule has 8 heteroatoms. The first kappa shape index (κ1) is 20.1. The fraction of sp³-hybridized carbons (Fsp3) is 0.250. The second kappa shape index (κ2) is 7.40. The molecule has 1 aliphatic carbocycles. The zero-order valence-electron chi connectivity index (χ0n) is 18.0. The van der Waals surface area contributed by atoms with E-state index in [2.05, 4.69) is 27.3 Å². The van der Waals surface area contributed by atoms with E-state index in [9.17, 15) is 9.18 Å². The Kier molecular flexibility index (Phi) is 4.65. The lowest BCUT2D eigenvalue weighted by molar-refractivity contribution is -0.117. The molecule has 1 aliphatic rings. The summed E-state index contributed by atoms with van der Waals surface area (Å²) in [5.74, 6) is 0.505. The zero-order valence-corrected chi connectivity index (χ0v) is 18.0. The van der Waals surface area contributed by atoms with Crippen LogP contribution >= 0.6 is 0 Å². The summed E-state index contributed by atoms with van der Waals surface area (Å²) in [6.07, 6.45) is 5.34. The number of nitrogens with two attached hydrogens (primary N) is 1. The lowest BCUT2D eigenvalue weighted by Crippen LogP contribution is -2.16. The number of nitrogens with zero attached hydrogens (tertiary/aromatic N) is 4. The molecule has 1 aromatic carbocycles. The highest BCUT2D eigenvalue weighted by molar-refractivity contribution is 5.99. The molecule has 32 heavy (non-hydrogen) atoms. The Morgan fingerprint density at radius 2 is 2.06 bits per heavy atom. The molecule has 4 aromatic rings. The van der Waals surface area contributed by atoms with Crippen LogP contribution in [0.15, 0.2) is 48.9 Å². The van der Waals surface area contributed by atoms with Crippen LogP contribution in [0.5, 0.6) is 0 Å². The molecule has 0 aliphatic heterocycles. The van der Waals surface area contributed by atoms with E-state index in [0.29, 0.717) is 22.5 Å². The van der Waals surface area contributed by atoms with Crippen molar-refractivity contribution in [2.24, 2.45) is 18.9 Å². The number of aryl methyl sites for hydroxylation is 2. The molecule has 162 valence electrons. The van der Waals surface area contributed by atoms with Crippen molar-refractivity contribution in [1.82, 2.24) is 19.7 Å². The molecule has 3 aromatic heterocycles. The molecule has 3 atom stereocenters. The Morgan fingerprint density at radius 3 is 2.78 bits per heavy atom. The third-order valence-corrected chi connectivity index (χ3v) is 6.27. The minimum atomic E-state index is -0.358. The van der Waals surface area contributed by atoms with Gasteiger partial charge < -0.3 is 11.1 Å². The van der Waals surface area contributed by atoms with Crippen LogP contribution in [0.25, 0.3) is 22.0 Å². The van der Waals surface area contributed by atoms with Crippen molar-refractivity contribution in [1.29, 1.82) is 0 Å². The number of rotatable bonds is 4. The minimum absolute atomic E-state index is 0.0783. The number of fused-ring (bicyclic) bond motifs is 1. The highest BCUT2D eigenvalue weighted by Gasteiger charge is 2.52. The van der Waals surface area contributed by atoms with Crippen LogP contribution in [-0.2, 0) is 11.8 Å². The number of anilines is 2. The number of carbonyl (C=O) groups is 1. The largest absolute Gasteiger partial charge is 0.383 e. The average Bonchev–Trinajstić information content (AvgIpc) is 3.22. The zero-order chi connectivity index (χ0) is 22.6. The van der Waals surface area contributed by atoms with Gasteiger partial charge in [0.05, 0.1) is 11.9 Å². The highest BCUT2D eigenvalue weighted by Crippen LogP contribution is 2.54. The maximum Gasteiger partial charge on any atom is 0.229 e. The van der Waals surface area contributed by atoms with Crippen LogP contribution in [0, 0.1) is 24.6 Å². The van der Waals surface area contributed by atoms with E-state index < -0.39 is 0 Å². The Morgan fingerprint density at radius 1 is 1.25 bits per heavy atom. The topological polar surface area (TPSA) is 98.7 Å². The van der Waals surface area contributed by atoms with Crippen LogP contribution in [0.3, 0.4) is 0 Å². The molecule has 1 saturated carbocycles. The number of hydrogen-bond donors (Lipinski definition) is 2. The van der Waals surface area contributed by atoms with Crippen molar-refractivity contribution in [3.05, 3.63) is 65.9 Å².